The zero-order chi connectivity index (χ0) is 104. The predicted molar refractivity (Wildman–Crippen MR) is 598 cm³/mol. The van der Waals surface area contributed by atoms with Gasteiger partial charge in [-0.15, -0.1) is 0 Å². The maximum atomic E-state index is 8.54. The summed E-state index contributed by atoms with van der Waals surface area (Å²) in [5.41, 5.74) is 72.1. The number of nitrogens with one attached hydrogen (secondary N) is 1. The smallest absolute Gasteiger partial charge is 0.0945 e. The molecule has 11 saturated heterocycles. The molecule has 0 amide bonds. The Morgan fingerprint density at radius 3 is 1.14 bits per heavy atom. The van der Waals surface area contributed by atoms with Crippen LogP contribution in [-0.4, -0.2) is 504 Å². The van der Waals surface area contributed by atoms with Crippen LogP contribution in [0.2, 0.25) is 0 Å². The second-order valence-corrected chi connectivity index (χ2v) is 39.4. The van der Waals surface area contributed by atoms with Crippen molar-refractivity contribution in [2.75, 3.05) is 363 Å². The Morgan fingerprint density at radius 2 is 0.800 bits per heavy atom. The summed E-state index contributed by atoms with van der Waals surface area (Å²) in [6.07, 6.45) is 43.8. The van der Waals surface area contributed by atoms with Crippen LogP contribution in [0.1, 0.15) is 221 Å². The maximum Gasteiger partial charge on any atom is 0.0945 e. The minimum absolute atomic E-state index is 0.264. The largest absolute Gasteiger partial charge is 0.395 e. The summed E-state index contributed by atoms with van der Waals surface area (Å²) >= 11 is 0. The molecular weight excluding hydrogens is 1760 g/mol. The number of β-amino-alcohol motifs (C(OH)–C–C–N with tert-alkyl or cyclic N) is 2. The first kappa shape index (κ1) is 139. The highest BCUT2D eigenvalue weighted by Gasteiger charge is 2.24. The van der Waals surface area contributed by atoms with Crippen LogP contribution < -0.4 is 79.9 Å². The van der Waals surface area contributed by atoms with Crippen LogP contribution in [0.3, 0.4) is 0 Å². The number of aliphatic hydroxyl groups excluding tert-OH is 2. The van der Waals surface area contributed by atoms with Crippen molar-refractivity contribution in [2.24, 2.45) is 81.6 Å². The molecule has 36 nitrogen and oxygen atoms in total. The average molecular weight is 2000 g/mol. The topological polar surface area (TPSA) is 490 Å². The van der Waals surface area contributed by atoms with Gasteiger partial charge in [-0.2, -0.15) is 0 Å². The third-order valence-electron chi connectivity index (χ3n) is 28.1. The fraction of sp³-hybridized carbons (Fsp3) is 0.942. The molecule has 0 radical (unpaired) electrons. The fourth-order valence-electron chi connectivity index (χ4n) is 18.4. The van der Waals surface area contributed by atoms with E-state index in [4.69, 9.17) is 94.2 Å². The number of imidazole rings is 2. The van der Waals surface area contributed by atoms with Crippen LogP contribution in [-0.2, 0) is 29.6 Å². The molecule has 2 aromatic heterocycles. The molecule has 13 heterocycles. The van der Waals surface area contributed by atoms with Crippen molar-refractivity contribution >= 4 is 0 Å². The van der Waals surface area contributed by atoms with Gasteiger partial charge < -0.3 is 163 Å². The first-order valence-corrected chi connectivity index (χ1v) is 56.2. The van der Waals surface area contributed by atoms with E-state index >= 15 is 0 Å². The quantitative estimate of drug-likeness (QED) is 0.0488. The number of aryl methyl sites for hydroxylation is 2. The lowest BCUT2D eigenvalue weighted by atomic mass is 9.93. The summed E-state index contributed by atoms with van der Waals surface area (Å²) in [6, 6.07) is 4.41. The first-order valence-electron chi connectivity index (χ1n) is 56.2. The van der Waals surface area contributed by atoms with Crippen molar-refractivity contribution in [3.63, 3.8) is 0 Å². The van der Waals surface area contributed by atoms with E-state index < -0.39 is 0 Å². The number of nitrogens with two attached hydrogens (primary N) is 13. The standard InChI is InChI=1S/C8H19N3.C8H18N2.C7H16N2O.3C7H16N2.C7H15N.C6H11N3.3C6H14N2.2C6H16N2.C6H13NO2.C6H13NO.C5H9N3/c1-10-5-7-11(8-6-10)4-2-3-9;1-10-7-3-5-8(10)4-2-6-9;1-8-2-3-9-4-6-10-7-5-9;1-9-5-3-2-4-7(9)6-8;1-2-9-5-3-4-7(9)6-8;8-4-7-9-5-2-1-3-6-9;1-3-7-5-4-6-8(7)2;7-2-1-4-9-5-3-8-6-9;1-8-4-2-3-6(7)5-8;7-5-1-2-6(8)4-3-5;7-3-6-8-4-1-2-5-8;2*1-3-8(4-2)6-5-7;8-4-1-7-2-5-9-6-3-7;8-6-5-7-3-1-2-4-7;1-8-4-7-3-5(8)2-6/h2-9H2,1H3;8H,2-7,9H2,1H3;8H,2-7H2,1H3;2*7H,2-6,8H2,1H3;1-8H2;7H,3-6H2,1-2H3;3,5-6H,1-2,4,7H2;6H,2-5,7H2,1H3;5-6H,1-4,7-8H2;1-7H2;2*3-7H2,1-2H3;8H,1-6H2;8H,1-6H2;3-4H,2,6H2,1H3. The summed E-state index contributed by atoms with van der Waals surface area (Å²) in [5, 5.41) is 20.2. The van der Waals surface area contributed by atoms with Crippen LogP contribution in [0.5, 0.6) is 0 Å². The van der Waals surface area contributed by atoms with Crippen molar-refractivity contribution in [3.05, 3.63) is 36.9 Å². The molecule has 140 heavy (non-hydrogen) atoms. The van der Waals surface area contributed by atoms with Crippen LogP contribution in [0.4, 0.5) is 0 Å². The minimum Gasteiger partial charge on any atom is -0.395 e. The van der Waals surface area contributed by atoms with E-state index in [1.54, 1.807) is 25.0 Å². The van der Waals surface area contributed by atoms with Gasteiger partial charge in [0.2, 0.25) is 0 Å². The molecule has 1 saturated carbocycles. The third kappa shape index (κ3) is 79.3. The predicted octanol–water partition coefficient (Wildman–Crippen LogP) is 3.09. The SMILES string of the molecule is CCC1CCCN1C.CCN(CC)CCN.CCN(CC)CCN.CCN1CCCC1CN.CN1CCCC(N)C1.CN1CCCC1CCCN.CN1CCCCC1CN.CN1CCN(CCCN)CC1.CNCCN1CCOCC1.Cn1cncc1CN.NC1CCC(N)CC1.NCCCn1ccnc1.NCCN1CCCC1.NCCN1CCCCC1.OCCN1CCCC1.OCCN1CCOCC1. The van der Waals surface area contributed by atoms with E-state index in [-0.39, 0.29) is 6.61 Å². The number of piperidine rings is 3. The molecule has 1 aliphatic carbocycles. The van der Waals surface area contributed by atoms with Gasteiger partial charge in [0, 0.05) is 232 Å². The molecule has 14 rings (SSSR count). The summed E-state index contributed by atoms with van der Waals surface area (Å²) < 4.78 is 14.3. The number of likely N-dealkylation sites (N-methyl/N-ethyl adjacent to an activating group) is 7. The molecule has 836 valence electrons. The number of rotatable bonds is 33. The Bertz CT molecular complexity index is 2620. The highest BCUT2D eigenvalue weighted by atomic mass is 16.5. The van der Waals surface area contributed by atoms with Crippen LogP contribution >= 0.6 is 0 Å². The highest BCUT2D eigenvalue weighted by molar-refractivity contribution is 4.95. The number of nitrogens with zero attached hydrogens (tertiary/aromatic N) is 18. The van der Waals surface area contributed by atoms with Crippen molar-refractivity contribution in [2.45, 2.75) is 270 Å². The molecule has 5 unspecified atom stereocenters. The Morgan fingerprint density at radius 1 is 0.379 bits per heavy atom. The van der Waals surface area contributed by atoms with Gasteiger partial charge in [-0.1, -0.05) is 54.4 Å². The Labute approximate surface area is 860 Å². The third-order valence-corrected chi connectivity index (χ3v) is 28.1. The summed E-state index contributed by atoms with van der Waals surface area (Å²) in [6.45, 7) is 64.9. The number of hydrogen-bond donors (Lipinski definition) is 16. The summed E-state index contributed by atoms with van der Waals surface area (Å²) in [7, 11) is 14.8. The van der Waals surface area contributed by atoms with Gasteiger partial charge in [0.25, 0.3) is 0 Å². The second kappa shape index (κ2) is 101. The van der Waals surface area contributed by atoms with E-state index in [1.807, 2.05) is 29.4 Å². The van der Waals surface area contributed by atoms with Crippen LogP contribution in [0.25, 0.3) is 0 Å². The second-order valence-electron chi connectivity index (χ2n) is 39.4. The molecule has 29 N–H and O–H groups in total. The number of piperazine rings is 1. The molecule has 36 heteroatoms. The number of likely N-dealkylation sites (tertiary alicyclic amines) is 8. The molecular formula is C104H236N32O4. The summed E-state index contributed by atoms with van der Waals surface area (Å²) in [4.78, 5) is 41.0. The van der Waals surface area contributed by atoms with Gasteiger partial charge in [0.1, 0.15) is 0 Å². The van der Waals surface area contributed by atoms with Crippen LogP contribution in [0.15, 0.2) is 31.2 Å². The van der Waals surface area contributed by atoms with E-state index in [2.05, 4.69) is 161 Å². The summed E-state index contributed by atoms with van der Waals surface area (Å²) in [5.74, 6) is 0. The maximum absolute atomic E-state index is 8.54. The molecule has 2 aromatic rings. The number of aromatic nitrogens is 4. The van der Waals surface area contributed by atoms with Crippen LogP contribution in [0, 0.1) is 0 Å². The van der Waals surface area contributed by atoms with Gasteiger partial charge >= 0.3 is 0 Å². The molecule has 5 atom stereocenters. The molecule has 0 spiro atoms. The Hall–Kier alpha value is -2.86. The number of aliphatic hydroxyl groups is 2. The lowest BCUT2D eigenvalue weighted by Gasteiger charge is -2.32. The number of ether oxygens (including phenoxy) is 2. The Balaban J connectivity index is 0. The van der Waals surface area contributed by atoms with Gasteiger partial charge in [0.15, 0.2) is 0 Å². The highest BCUT2D eigenvalue weighted by Crippen LogP contribution is 2.21. The minimum atomic E-state index is 0.264. The van der Waals surface area contributed by atoms with Crippen molar-refractivity contribution in [1.82, 2.24) is 93.0 Å². The molecule has 12 fully saturated rings. The monoisotopic (exact) mass is 2000 g/mol. The normalized spacial score (nSPS) is 22.9. The van der Waals surface area contributed by atoms with Gasteiger partial charge in [-0.05, 0) is 334 Å². The van der Waals surface area contributed by atoms with E-state index in [0.717, 1.165) is 259 Å². The fourth-order valence-corrected chi connectivity index (χ4v) is 18.4. The van der Waals surface area contributed by atoms with Crippen molar-refractivity contribution in [1.29, 1.82) is 0 Å². The zero-order valence-corrected chi connectivity index (χ0v) is 93.3. The number of hydrogen-bond acceptors (Lipinski definition) is 34. The van der Waals surface area contributed by atoms with E-state index in [0.29, 0.717) is 43.4 Å². The van der Waals surface area contributed by atoms with Crippen molar-refractivity contribution < 1.29 is 19.7 Å². The molecule has 12 aliphatic rings. The number of morpholine rings is 2. The molecule has 0 aromatic carbocycles. The molecule has 0 bridgehead atoms. The lowest BCUT2D eigenvalue weighted by molar-refractivity contribution is 0.0306. The van der Waals surface area contributed by atoms with Gasteiger partial charge in [0.05, 0.1) is 58.0 Å². The van der Waals surface area contributed by atoms with Gasteiger partial charge in [-0.25, -0.2) is 9.97 Å². The Kier molecular flexibility index (Phi) is 100. The first-order chi connectivity index (χ1) is 67.9. The van der Waals surface area contributed by atoms with E-state index in [9.17, 15) is 0 Å². The van der Waals surface area contributed by atoms with Crippen molar-refractivity contribution in [3.8, 4) is 0 Å². The average Bonchev–Trinajstić information content (AvgIpc) is 1.71. The molecule has 11 aliphatic heterocycles. The lowest BCUT2D eigenvalue weighted by Crippen LogP contribution is -2.44. The van der Waals surface area contributed by atoms with E-state index in [1.165, 1.54) is 246 Å². The van der Waals surface area contributed by atoms with Gasteiger partial charge in [-0.3, -0.25) is 14.7 Å². The zero-order valence-electron chi connectivity index (χ0n) is 93.3.